The highest BCUT2D eigenvalue weighted by Gasteiger charge is 2.35. The summed E-state index contributed by atoms with van der Waals surface area (Å²) in [7, 11) is 0. The standard InChI is InChI=1S/C16H25NO4/c1-4-17-16(3,15(19)20-5-2)12-21-14-9-7-6-8-13(14)10-11-18/h6-9,17-18H,4-5,10-12H2,1-3H3. The Morgan fingerprint density at radius 3 is 2.67 bits per heavy atom. The molecule has 0 aliphatic carbocycles. The molecule has 1 rings (SSSR count). The number of likely N-dealkylation sites (N-methyl/N-ethyl adjacent to an activating group) is 1. The normalized spacial score (nSPS) is 13.5. The van der Waals surface area contributed by atoms with Gasteiger partial charge in [0.25, 0.3) is 0 Å². The Morgan fingerprint density at radius 2 is 2.05 bits per heavy atom. The maximum absolute atomic E-state index is 12.1. The first-order chi connectivity index (χ1) is 10.1. The molecule has 21 heavy (non-hydrogen) atoms. The van der Waals surface area contributed by atoms with Crippen LogP contribution < -0.4 is 10.1 Å². The van der Waals surface area contributed by atoms with Gasteiger partial charge in [-0.25, -0.2) is 4.79 Å². The van der Waals surface area contributed by atoms with Crippen LogP contribution in [-0.2, 0) is 16.0 Å². The van der Waals surface area contributed by atoms with Crippen molar-refractivity contribution >= 4 is 5.97 Å². The average molecular weight is 295 g/mol. The minimum atomic E-state index is -0.892. The Morgan fingerprint density at radius 1 is 1.33 bits per heavy atom. The van der Waals surface area contributed by atoms with Crippen molar-refractivity contribution in [3.8, 4) is 5.75 Å². The van der Waals surface area contributed by atoms with Gasteiger partial charge in [0.05, 0.1) is 6.61 Å². The first-order valence-electron chi connectivity index (χ1n) is 7.31. The molecule has 1 aromatic rings. The zero-order valence-electron chi connectivity index (χ0n) is 13.0. The van der Waals surface area contributed by atoms with Crippen LogP contribution in [0, 0.1) is 0 Å². The van der Waals surface area contributed by atoms with E-state index < -0.39 is 5.54 Å². The van der Waals surface area contributed by atoms with Gasteiger partial charge in [0, 0.05) is 6.61 Å². The molecule has 1 atom stereocenters. The number of rotatable bonds is 9. The van der Waals surface area contributed by atoms with E-state index in [1.807, 2.05) is 31.2 Å². The number of para-hydroxylation sites is 1. The Balaban J connectivity index is 2.79. The summed E-state index contributed by atoms with van der Waals surface area (Å²) in [5.74, 6) is 0.353. The van der Waals surface area contributed by atoms with E-state index in [-0.39, 0.29) is 19.2 Å². The highest BCUT2D eigenvalue weighted by atomic mass is 16.5. The van der Waals surface area contributed by atoms with Gasteiger partial charge >= 0.3 is 5.97 Å². The predicted octanol–water partition coefficient (Wildman–Crippen LogP) is 1.53. The molecule has 0 saturated heterocycles. The van der Waals surface area contributed by atoms with Gasteiger partial charge in [-0.1, -0.05) is 25.1 Å². The Bertz CT molecular complexity index is 450. The second-order valence-electron chi connectivity index (χ2n) is 4.95. The largest absolute Gasteiger partial charge is 0.491 e. The van der Waals surface area contributed by atoms with E-state index in [4.69, 9.17) is 14.6 Å². The zero-order valence-corrected chi connectivity index (χ0v) is 13.0. The van der Waals surface area contributed by atoms with Gasteiger partial charge in [-0.2, -0.15) is 0 Å². The Labute approximate surface area is 126 Å². The van der Waals surface area contributed by atoms with Gasteiger partial charge in [0.2, 0.25) is 0 Å². The summed E-state index contributed by atoms with van der Waals surface area (Å²) in [5.41, 5.74) is 0.0274. The minimum Gasteiger partial charge on any atom is -0.491 e. The third-order valence-electron chi connectivity index (χ3n) is 3.16. The number of nitrogens with one attached hydrogen (secondary N) is 1. The van der Waals surface area contributed by atoms with Crippen LogP contribution in [0.2, 0.25) is 0 Å². The topological polar surface area (TPSA) is 67.8 Å². The smallest absolute Gasteiger partial charge is 0.329 e. The number of aliphatic hydroxyl groups is 1. The zero-order chi connectivity index (χ0) is 15.7. The van der Waals surface area contributed by atoms with Crippen molar-refractivity contribution in [1.82, 2.24) is 5.32 Å². The van der Waals surface area contributed by atoms with Crippen LogP contribution in [0.3, 0.4) is 0 Å². The van der Waals surface area contributed by atoms with E-state index >= 15 is 0 Å². The number of aliphatic hydroxyl groups excluding tert-OH is 1. The third-order valence-corrected chi connectivity index (χ3v) is 3.16. The molecule has 2 N–H and O–H groups in total. The number of carbonyl (C=O) groups is 1. The van der Waals surface area contributed by atoms with Crippen molar-refractivity contribution < 1.29 is 19.4 Å². The van der Waals surface area contributed by atoms with E-state index in [0.29, 0.717) is 25.3 Å². The van der Waals surface area contributed by atoms with Crippen molar-refractivity contribution in [2.45, 2.75) is 32.7 Å². The van der Waals surface area contributed by atoms with E-state index in [2.05, 4.69) is 5.32 Å². The van der Waals surface area contributed by atoms with Crippen molar-refractivity contribution in [3.05, 3.63) is 29.8 Å². The molecule has 5 nitrogen and oxygen atoms in total. The van der Waals surface area contributed by atoms with Crippen LogP contribution in [0.5, 0.6) is 5.75 Å². The summed E-state index contributed by atoms with van der Waals surface area (Å²) in [5, 5.41) is 12.2. The van der Waals surface area contributed by atoms with Gasteiger partial charge in [-0.15, -0.1) is 0 Å². The fourth-order valence-electron chi connectivity index (χ4n) is 2.06. The second kappa shape index (κ2) is 8.64. The molecule has 0 aliphatic rings. The lowest BCUT2D eigenvalue weighted by atomic mass is 10.0. The molecule has 1 unspecified atom stereocenters. The quantitative estimate of drug-likeness (QED) is 0.676. The molecule has 0 aromatic heterocycles. The van der Waals surface area contributed by atoms with E-state index in [0.717, 1.165) is 5.56 Å². The average Bonchev–Trinajstić information content (AvgIpc) is 2.47. The number of hydrogen-bond acceptors (Lipinski definition) is 5. The SMILES string of the molecule is CCNC(C)(COc1ccccc1CCO)C(=O)OCC. The summed E-state index contributed by atoms with van der Waals surface area (Å²) in [6, 6.07) is 7.50. The molecule has 0 amide bonds. The molecule has 1 aromatic carbocycles. The van der Waals surface area contributed by atoms with Crippen molar-refractivity contribution in [2.75, 3.05) is 26.4 Å². The van der Waals surface area contributed by atoms with Crippen LogP contribution in [0.4, 0.5) is 0 Å². The lowest BCUT2D eigenvalue weighted by Gasteiger charge is -2.28. The van der Waals surface area contributed by atoms with E-state index in [1.54, 1.807) is 13.8 Å². The lowest BCUT2D eigenvalue weighted by Crippen LogP contribution is -2.54. The molecule has 0 aliphatic heterocycles. The molecule has 0 fully saturated rings. The van der Waals surface area contributed by atoms with Gasteiger partial charge in [0.1, 0.15) is 17.9 Å². The first kappa shape index (κ1) is 17.5. The van der Waals surface area contributed by atoms with Gasteiger partial charge in [-0.3, -0.25) is 5.32 Å². The first-order valence-corrected chi connectivity index (χ1v) is 7.31. The van der Waals surface area contributed by atoms with E-state index in [1.165, 1.54) is 0 Å². The summed E-state index contributed by atoms with van der Waals surface area (Å²) < 4.78 is 10.9. The Hall–Kier alpha value is -1.59. The molecule has 0 radical (unpaired) electrons. The second-order valence-corrected chi connectivity index (χ2v) is 4.95. The summed E-state index contributed by atoms with van der Waals surface area (Å²) in [6.07, 6.45) is 0.521. The highest BCUT2D eigenvalue weighted by molar-refractivity contribution is 5.80. The summed E-state index contributed by atoms with van der Waals surface area (Å²) >= 11 is 0. The minimum absolute atomic E-state index is 0.0583. The number of benzene rings is 1. The van der Waals surface area contributed by atoms with Crippen molar-refractivity contribution in [1.29, 1.82) is 0 Å². The fraction of sp³-hybridized carbons (Fsp3) is 0.562. The molecule has 118 valence electrons. The monoisotopic (exact) mass is 295 g/mol. The van der Waals surface area contributed by atoms with Crippen LogP contribution >= 0.6 is 0 Å². The molecule has 0 bridgehead atoms. The molecular weight excluding hydrogens is 270 g/mol. The number of carbonyl (C=O) groups excluding carboxylic acids is 1. The van der Waals surface area contributed by atoms with Gasteiger partial charge in [-0.05, 0) is 38.4 Å². The van der Waals surface area contributed by atoms with Crippen molar-refractivity contribution in [2.24, 2.45) is 0 Å². The van der Waals surface area contributed by atoms with Gasteiger partial charge < -0.3 is 14.6 Å². The fourth-order valence-corrected chi connectivity index (χ4v) is 2.06. The Kier molecular flexibility index (Phi) is 7.19. The highest BCUT2D eigenvalue weighted by Crippen LogP contribution is 2.20. The summed E-state index contributed by atoms with van der Waals surface area (Å²) in [4.78, 5) is 12.1. The van der Waals surface area contributed by atoms with Crippen molar-refractivity contribution in [3.63, 3.8) is 0 Å². The van der Waals surface area contributed by atoms with Crippen LogP contribution in [0.25, 0.3) is 0 Å². The molecular formula is C16H25NO4. The number of ether oxygens (including phenoxy) is 2. The maximum Gasteiger partial charge on any atom is 0.329 e. The molecule has 0 spiro atoms. The molecule has 5 heteroatoms. The van der Waals surface area contributed by atoms with E-state index in [9.17, 15) is 4.79 Å². The number of esters is 1. The van der Waals surface area contributed by atoms with Crippen LogP contribution in [0.15, 0.2) is 24.3 Å². The summed E-state index contributed by atoms with van der Waals surface area (Å²) in [6.45, 7) is 6.67. The van der Waals surface area contributed by atoms with Crippen LogP contribution in [0.1, 0.15) is 26.3 Å². The maximum atomic E-state index is 12.1. The molecule has 0 heterocycles. The molecule has 0 saturated carbocycles. The third kappa shape index (κ3) is 5.02. The predicted molar refractivity (Wildman–Crippen MR) is 81.4 cm³/mol. The van der Waals surface area contributed by atoms with Gasteiger partial charge in [0.15, 0.2) is 0 Å². The van der Waals surface area contributed by atoms with Crippen LogP contribution in [-0.4, -0.2) is 43.0 Å². The lowest BCUT2D eigenvalue weighted by molar-refractivity contribution is -0.151. The number of hydrogen-bond donors (Lipinski definition) is 2.